The second-order valence-corrected chi connectivity index (χ2v) is 12.2. The van der Waals surface area contributed by atoms with Crippen LogP contribution >= 0.6 is 0 Å². The van der Waals surface area contributed by atoms with Crippen LogP contribution in [0.2, 0.25) is 0 Å². The summed E-state index contributed by atoms with van der Waals surface area (Å²) in [6, 6.07) is 57.3. The third kappa shape index (κ3) is 4.98. The minimum atomic E-state index is 0.0809. The van der Waals surface area contributed by atoms with Crippen molar-refractivity contribution in [2.24, 2.45) is 0 Å². The minimum Gasteiger partial charge on any atom is -0.309 e. The fraction of sp³-hybridized carbons (Fsp3) is 0.0952. The van der Waals surface area contributed by atoms with Crippen molar-refractivity contribution in [1.29, 1.82) is 0 Å². The lowest BCUT2D eigenvalue weighted by atomic mass is 9.87. The molecule has 0 saturated heterocycles. The molecule has 0 aliphatic rings. The van der Waals surface area contributed by atoms with Crippen molar-refractivity contribution in [2.75, 3.05) is 4.90 Å². The predicted octanol–water partition coefficient (Wildman–Crippen LogP) is 12.1. The molecule has 1 heteroatoms. The van der Waals surface area contributed by atoms with Crippen LogP contribution < -0.4 is 4.90 Å². The fourth-order valence-electron chi connectivity index (χ4n) is 6.24. The maximum Gasteiger partial charge on any atom is 0.0540 e. The predicted molar refractivity (Wildman–Crippen MR) is 186 cm³/mol. The topological polar surface area (TPSA) is 3.24 Å². The third-order valence-corrected chi connectivity index (χ3v) is 8.42. The summed E-state index contributed by atoms with van der Waals surface area (Å²) in [5.41, 5.74) is 9.75. The quantitative estimate of drug-likeness (QED) is 0.205. The number of para-hydroxylation sites is 1. The Balaban J connectivity index is 1.51. The van der Waals surface area contributed by atoms with E-state index in [9.17, 15) is 0 Å². The van der Waals surface area contributed by atoms with Crippen LogP contribution in [0.4, 0.5) is 17.1 Å². The lowest BCUT2D eigenvalue weighted by molar-refractivity contribution is 0.590. The standard InChI is InChI=1S/C42H35N/c1-42(2,3)33-26-28-34(29-27-33)43(39-25-13-17-30-16-7-8-20-35(30)39)40-24-10-9-21-37(40)38-23-12-19-32-18-11-22-36(41(32)38)31-14-5-4-6-15-31/h4-29H,1-3H3. The molecule has 0 unspecified atom stereocenters. The second kappa shape index (κ2) is 10.9. The van der Waals surface area contributed by atoms with Gasteiger partial charge >= 0.3 is 0 Å². The average molecular weight is 554 g/mol. The molecule has 0 bridgehead atoms. The molecule has 208 valence electrons. The molecule has 7 rings (SSSR count). The Hall–Kier alpha value is -5.14. The van der Waals surface area contributed by atoms with E-state index in [0.717, 1.165) is 17.1 Å². The monoisotopic (exact) mass is 553 g/mol. The zero-order valence-corrected chi connectivity index (χ0v) is 25.0. The molecule has 1 nitrogen and oxygen atoms in total. The fourth-order valence-corrected chi connectivity index (χ4v) is 6.24. The van der Waals surface area contributed by atoms with Gasteiger partial charge in [-0.2, -0.15) is 0 Å². The van der Waals surface area contributed by atoms with E-state index in [0.29, 0.717) is 0 Å². The summed E-state index contributed by atoms with van der Waals surface area (Å²) >= 11 is 0. The smallest absolute Gasteiger partial charge is 0.0540 e. The zero-order valence-electron chi connectivity index (χ0n) is 25.0. The zero-order chi connectivity index (χ0) is 29.4. The van der Waals surface area contributed by atoms with E-state index >= 15 is 0 Å². The molecule has 7 aromatic rings. The molecular formula is C42H35N. The number of fused-ring (bicyclic) bond motifs is 2. The van der Waals surface area contributed by atoms with Crippen molar-refractivity contribution in [2.45, 2.75) is 26.2 Å². The normalized spacial score (nSPS) is 11.6. The molecule has 43 heavy (non-hydrogen) atoms. The van der Waals surface area contributed by atoms with Crippen LogP contribution in [0.3, 0.4) is 0 Å². The molecule has 0 atom stereocenters. The van der Waals surface area contributed by atoms with Gasteiger partial charge in [0, 0.05) is 16.6 Å². The van der Waals surface area contributed by atoms with E-state index < -0.39 is 0 Å². The van der Waals surface area contributed by atoms with Crippen LogP contribution in [0.15, 0.2) is 158 Å². The van der Waals surface area contributed by atoms with Crippen molar-refractivity contribution in [3.63, 3.8) is 0 Å². The highest BCUT2D eigenvalue weighted by atomic mass is 15.1. The summed E-state index contributed by atoms with van der Waals surface area (Å²) < 4.78 is 0. The van der Waals surface area contributed by atoms with Gasteiger partial charge in [0.15, 0.2) is 0 Å². The largest absolute Gasteiger partial charge is 0.309 e. The van der Waals surface area contributed by atoms with Gasteiger partial charge in [0.05, 0.1) is 11.4 Å². The molecule has 0 radical (unpaired) electrons. The Kier molecular flexibility index (Phi) is 6.80. The van der Waals surface area contributed by atoms with Crippen LogP contribution in [0.1, 0.15) is 26.3 Å². The number of rotatable bonds is 5. The highest BCUT2D eigenvalue weighted by Gasteiger charge is 2.21. The summed E-state index contributed by atoms with van der Waals surface area (Å²) in [7, 11) is 0. The molecule has 0 fully saturated rings. The second-order valence-electron chi connectivity index (χ2n) is 12.2. The van der Waals surface area contributed by atoms with E-state index in [4.69, 9.17) is 0 Å². The van der Waals surface area contributed by atoms with Gasteiger partial charge in [-0.1, -0.05) is 154 Å². The lowest BCUT2D eigenvalue weighted by Crippen LogP contribution is -2.14. The van der Waals surface area contributed by atoms with Crippen molar-refractivity contribution in [3.8, 4) is 22.3 Å². The third-order valence-electron chi connectivity index (χ3n) is 8.42. The number of hydrogen-bond donors (Lipinski definition) is 0. The van der Waals surface area contributed by atoms with Crippen LogP contribution in [0.25, 0.3) is 43.8 Å². The Morgan fingerprint density at radius 2 is 0.977 bits per heavy atom. The number of anilines is 3. The Bertz CT molecular complexity index is 2040. The lowest BCUT2D eigenvalue weighted by Gasteiger charge is -2.30. The number of hydrogen-bond acceptors (Lipinski definition) is 1. The minimum absolute atomic E-state index is 0.0809. The molecule has 0 spiro atoms. The molecule has 0 aromatic heterocycles. The van der Waals surface area contributed by atoms with Gasteiger partial charge in [-0.15, -0.1) is 0 Å². The van der Waals surface area contributed by atoms with Gasteiger partial charge in [0.25, 0.3) is 0 Å². The summed E-state index contributed by atoms with van der Waals surface area (Å²) in [5.74, 6) is 0. The van der Waals surface area contributed by atoms with Crippen molar-refractivity contribution < 1.29 is 0 Å². The van der Waals surface area contributed by atoms with Crippen LogP contribution in [-0.4, -0.2) is 0 Å². The van der Waals surface area contributed by atoms with E-state index in [2.05, 4.69) is 183 Å². The first-order valence-corrected chi connectivity index (χ1v) is 15.0. The van der Waals surface area contributed by atoms with Gasteiger partial charge < -0.3 is 4.90 Å². The molecule has 0 N–H and O–H groups in total. The summed E-state index contributed by atoms with van der Waals surface area (Å²) in [4.78, 5) is 2.44. The van der Waals surface area contributed by atoms with Gasteiger partial charge in [-0.25, -0.2) is 0 Å². The molecule has 0 aliphatic heterocycles. The molecule has 0 heterocycles. The van der Waals surface area contributed by atoms with Crippen molar-refractivity contribution in [3.05, 3.63) is 163 Å². The van der Waals surface area contributed by atoms with Crippen LogP contribution in [0.5, 0.6) is 0 Å². The van der Waals surface area contributed by atoms with Crippen molar-refractivity contribution in [1.82, 2.24) is 0 Å². The van der Waals surface area contributed by atoms with Gasteiger partial charge in [-0.3, -0.25) is 0 Å². The van der Waals surface area contributed by atoms with Gasteiger partial charge in [-0.05, 0) is 68.1 Å². The van der Waals surface area contributed by atoms with Crippen LogP contribution in [-0.2, 0) is 5.41 Å². The summed E-state index contributed by atoms with van der Waals surface area (Å²) in [6.07, 6.45) is 0. The number of nitrogens with zero attached hydrogens (tertiary/aromatic N) is 1. The first-order valence-electron chi connectivity index (χ1n) is 15.0. The van der Waals surface area contributed by atoms with E-state index in [1.807, 2.05) is 0 Å². The highest BCUT2D eigenvalue weighted by Crippen LogP contribution is 2.46. The Morgan fingerprint density at radius 3 is 1.74 bits per heavy atom. The highest BCUT2D eigenvalue weighted by molar-refractivity contribution is 6.09. The maximum atomic E-state index is 2.44. The molecular weight excluding hydrogens is 518 g/mol. The SMILES string of the molecule is CC(C)(C)c1ccc(N(c2ccccc2-c2cccc3cccc(-c4ccccc4)c23)c2cccc3ccccc23)cc1. The maximum absolute atomic E-state index is 2.44. The van der Waals surface area contributed by atoms with E-state index in [-0.39, 0.29) is 5.41 Å². The van der Waals surface area contributed by atoms with Crippen LogP contribution in [0, 0.1) is 0 Å². The first kappa shape index (κ1) is 26.7. The summed E-state index contributed by atoms with van der Waals surface area (Å²) in [5, 5.41) is 4.96. The van der Waals surface area contributed by atoms with Crippen molar-refractivity contribution >= 4 is 38.6 Å². The Labute approximate surface area is 254 Å². The molecule has 0 amide bonds. The number of benzene rings is 7. The van der Waals surface area contributed by atoms with E-state index in [1.165, 1.54) is 49.4 Å². The average Bonchev–Trinajstić information content (AvgIpc) is 3.05. The van der Waals surface area contributed by atoms with Gasteiger partial charge in [0.1, 0.15) is 0 Å². The van der Waals surface area contributed by atoms with E-state index in [1.54, 1.807) is 0 Å². The molecule has 0 aliphatic carbocycles. The first-order chi connectivity index (χ1) is 21.0. The van der Waals surface area contributed by atoms with Gasteiger partial charge in [0.2, 0.25) is 0 Å². The Morgan fingerprint density at radius 1 is 0.419 bits per heavy atom. The molecule has 7 aromatic carbocycles. The molecule has 0 saturated carbocycles. The summed E-state index contributed by atoms with van der Waals surface area (Å²) in [6.45, 7) is 6.81.